The average molecular weight is 201 g/mol. The van der Waals surface area contributed by atoms with Crippen molar-refractivity contribution < 1.29 is 4.39 Å². The Labute approximate surface area is 88.6 Å². The highest BCUT2D eigenvalue weighted by Gasteiger charge is 1.96. The van der Waals surface area contributed by atoms with Crippen molar-refractivity contribution in [2.45, 2.75) is 12.8 Å². The number of benzene rings is 1. The molecule has 76 valence electrons. The first-order valence-corrected chi connectivity index (χ1v) is 4.98. The number of aryl methyl sites for hydroxylation is 2. The Morgan fingerprint density at radius 2 is 1.67 bits per heavy atom. The van der Waals surface area contributed by atoms with Crippen molar-refractivity contribution in [3.63, 3.8) is 0 Å². The maximum Gasteiger partial charge on any atom is 0.123 e. The minimum absolute atomic E-state index is 0.165. The lowest BCUT2D eigenvalue weighted by atomic mass is 10.1. The molecular formula is C13H12FN. The molecule has 0 radical (unpaired) electrons. The smallest absolute Gasteiger partial charge is 0.123 e. The number of rotatable bonds is 3. The molecule has 0 aliphatic carbocycles. The maximum atomic E-state index is 12.9. The lowest BCUT2D eigenvalue weighted by molar-refractivity contribution is 0.625. The Kier molecular flexibility index (Phi) is 3.08. The molecule has 0 bridgehead atoms. The van der Waals surface area contributed by atoms with E-state index >= 15 is 0 Å². The molecule has 0 unspecified atom stereocenters. The van der Waals surface area contributed by atoms with Crippen LogP contribution in [-0.4, -0.2) is 4.98 Å². The molecule has 1 aromatic carbocycles. The fourth-order valence-electron chi connectivity index (χ4n) is 1.53. The van der Waals surface area contributed by atoms with E-state index in [2.05, 4.69) is 4.98 Å². The Bertz CT molecular complexity index is 426. The van der Waals surface area contributed by atoms with E-state index in [4.69, 9.17) is 0 Å². The summed E-state index contributed by atoms with van der Waals surface area (Å²) in [5.74, 6) is -0.165. The first-order valence-electron chi connectivity index (χ1n) is 4.98. The highest BCUT2D eigenvalue weighted by molar-refractivity contribution is 5.19. The van der Waals surface area contributed by atoms with Gasteiger partial charge in [-0.05, 0) is 48.2 Å². The summed E-state index contributed by atoms with van der Waals surface area (Å²) in [5.41, 5.74) is 2.26. The van der Waals surface area contributed by atoms with E-state index in [9.17, 15) is 4.39 Å². The van der Waals surface area contributed by atoms with Gasteiger partial charge in [-0.25, -0.2) is 4.39 Å². The normalized spacial score (nSPS) is 10.2. The van der Waals surface area contributed by atoms with Crippen LogP contribution in [-0.2, 0) is 12.8 Å². The second kappa shape index (κ2) is 4.69. The summed E-state index contributed by atoms with van der Waals surface area (Å²) in [5, 5.41) is 0. The van der Waals surface area contributed by atoms with Crippen LogP contribution in [0.5, 0.6) is 0 Å². The molecule has 0 aliphatic heterocycles. The van der Waals surface area contributed by atoms with Gasteiger partial charge < -0.3 is 0 Å². The van der Waals surface area contributed by atoms with Gasteiger partial charge in [-0.2, -0.15) is 0 Å². The molecule has 2 rings (SSSR count). The molecule has 0 saturated heterocycles. The minimum atomic E-state index is -0.165. The van der Waals surface area contributed by atoms with Gasteiger partial charge in [0.2, 0.25) is 0 Å². The van der Waals surface area contributed by atoms with Crippen molar-refractivity contribution >= 4 is 0 Å². The molecule has 2 heteroatoms. The molecule has 0 aliphatic rings. The van der Waals surface area contributed by atoms with Crippen LogP contribution in [0.4, 0.5) is 4.39 Å². The molecule has 2 aromatic rings. The second-order valence-electron chi connectivity index (χ2n) is 3.49. The molecule has 15 heavy (non-hydrogen) atoms. The topological polar surface area (TPSA) is 12.9 Å². The van der Waals surface area contributed by atoms with Gasteiger partial charge in [0.05, 0.1) is 0 Å². The Morgan fingerprint density at radius 3 is 2.40 bits per heavy atom. The number of aromatic nitrogens is 1. The third kappa shape index (κ3) is 2.88. The van der Waals surface area contributed by atoms with Crippen molar-refractivity contribution in [3.8, 4) is 0 Å². The zero-order chi connectivity index (χ0) is 10.5. The quantitative estimate of drug-likeness (QED) is 0.743. The molecule has 0 N–H and O–H groups in total. The highest BCUT2D eigenvalue weighted by Crippen LogP contribution is 2.08. The first kappa shape index (κ1) is 9.84. The zero-order valence-electron chi connectivity index (χ0n) is 8.36. The van der Waals surface area contributed by atoms with Crippen molar-refractivity contribution in [2.24, 2.45) is 0 Å². The van der Waals surface area contributed by atoms with Gasteiger partial charge in [0.1, 0.15) is 5.82 Å². The van der Waals surface area contributed by atoms with Crippen LogP contribution in [0, 0.1) is 5.82 Å². The molecule has 1 aromatic heterocycles. The van der Waals surface area contributed by atoms with Gasteiger partial charge >= 0.3 is 0 Å². The van der Waals surface area contributed by atoms with E-state index in [1.54, 1.807) is 24.5 Å². The number of halogens is 1. The van der Waals surface area contributed by atoms with Gasteiger partial charge in [-0.3, -0.25) is 4.98 Å². The van der Waals surface area contributed by atoms with Crippen LogP contribution in [0.2, 0.25) is 0 Å². The third-order valence-electron chi connectivity index (χ3n) is 2.34. The summed E-state index contributed by atoms with van der Waals surface area (Å²) in [6, 6.07) is 10.7. The zero-order valence-corrected chi connectivity index (χ0v) is 8.36. The van der Waals surface area contributed by atoms with E-state index in [1.807, 2.05) is 18.2 Å². The second-order valence-corrected chi connectivity index (χ2v) is 3.49. The van der Waals surface area contributed by atoms with E-state index < -0.39 is 0 Å². The van der Waals surface area contributed by atoms with Gasteiger partial charge in [0.25, 0.3) is 0 Å². The number of nitrogens with zero attached hydrogens (tertiary/aromatic N) is 1. The largest absolute Gasteiger partial charge is 0.265 e. The predicted molar refractivity (Wildman–Crippen MR) is 58.0 cm³/mol. The number of pyridine rings is 1. The predicted octanol–water partition coefficient (Wildman–Crippen LogP) is 3.01. The van der Waals surface area contributed by atoms with Crippen molar-refractivity contribution in [1.82, 2.24) is 4.98 Å². The fraction of sp³-hybridized carbons (Fsp3) is 0.154. The molecule has 0 atom stereocenters. The summed E-state index contributed by atoms with van der Waals surface area (Å²) in [4.78, 5) is 3.95. The SMILES string of the molecule is Fc1cccc(CCc2ccncc2)c1. The van der Waals surface area contributed by atoms with Gasteiger partial charge in [-0.15, -0.1) is 0 Å². The molecule has 1 nitrogen and oxygen atoms in total. The Morgan fingerprint density at radius 1 is 0.933 bits per heavy atom. The van der Waals surface area contributed by atoms with E-state index in [0.29, 0.717) is 0 Å². The fourth-order valence-corrected chi connectivity index (χ4v) is 1.53. The van der Waals surface area contributed by atoms with Crippen molar-refractivity contribution in [2.75, 3.05) is 0 Å². The summed E-state index contributed by atoms with van der Waals surface area (Å²) < 4.78 is 12.9. The van der Waals surface area contributed by atoms with Gasteiger partial charge in [0, 0.05) is 12.4 Å². The molecule has 1 heterocycles. The van der Waals surface area contributed by atoms with E-state index in [-0.39, 0.29) is 5.82 Å². The number of hydrogen-bond acceptors (Lipinski definition) is 1. The summed E-state index contributed by atoms with van der Waals surface area (Å²) >= 11 is 0. The van der Waals surface area contributed by atoms with E-state index in [1.165, 1.54) is 11.6 Å². The maximum absolute atomic E-state index is 12.9. The molecular weight excluding hydrogens is 189 g/mol. The summed E-state index contributed by atoms with van der Waals surface area (Å²) in [6.45, 7) is 0. The van der Waals surface area contributed by atoms with Crippen LogP contribution in [0.1, 0.15) is 11.1 Å². The Balaban J connectivity index is 1.99. The first-order chi connectivity index (χ1) is 7.34. The van der Waals surface area contributed by atoms with Crippen LogP contribution in [0.3, 0.4) is 0 Å². The highest BCUT2D eigenvalue weighted by atomic mass is 19.1. The number of hydrogen-bond donors (Lipinski definition) is 0. The van der Waals surface area contributed by atoms with Crippen molar-refractivity contribution in [1.29, 1.82) is 0 Å². The third-order valence-corrected chi connectivity index (χ3v) is 2.34. The van der Waals surface area contributed by atoms with Crippen LogP contribution in [0.25, 0.3) is 0 Å². The van der Waals surface area contributed by atoms with Gasteiger partial charge in [-0.1, -0.05) is 12.1 Å². The molecule has 0 spiro atoms. The summed E-state index contributed by atoms with van der Waals surface area (Å²) in [6.07, 6.45) is 5.34. The average Bonchev–Trinajstić information content (AvgIpc) is 2.28. The minimum Gasteiger partial charge on any atom is -0.265 e. The van der Waals surface area contributed by atoms with Crippen LogP contribution >= 0.6 is 0 Å². The summed E-state index contributed by atoms with van der Waals surface area (Å²) in [7, 11) is 0. The molecule has 0 amide bonds. The lowest BCUT2D eigenvalue weighted by Crippen LogP contribution is -1.91. The lowest BCUT2D eigenvalue weighted by Gasteiger charge is -2.01. The monoisotopic (exact) mass is 201 g/mol. The van der Waals surface area contributed by atoms with E-state index in [0.717, 1.165) is 18.4 Å². The van der Waals surface area contributed by atoms with Crippen LogP contribution in [0.15, 0.2) is 48.8 Å². The molecule has 0 fully saturated rings. The van der Waals surface area contributed by atoms with Crippen LogP contribution < -0.4 is 0 Å². The van der Waals surface area contributed by atoms with Crippen molar-refractivity contribution in [3.05, 3.63) is 65.7 Å². The Hall–Kier alpha value is -1.70. The van der Waals surface area contributed by atoms with Gasteiger partial charge in [0.15, 0.2) is 0 Å². The standard InChI is InChI=1S/C13H12FN/c14-13-3-1-2-12(10-13)5-4-11-6-8-15-9-7-11/h1-3,6-10H,4-5H2. The molecule has 0 saturated carbocycles.